The van der Waals surface area contributed by atoms with E-state index in [9.17, 15) is 4.79 Å². The van der Waals surface area contributed by atoms with Crippen molar-refractivity contribution in [3.63, 3.8) is 0 Å². The Labute approximate surface area is 78.0 Å². The largest absolute Gasteiger partial charge is 0.469 e. The van der Waals surface area contributed by atoms with Gasteiger partial charge in [-0.25, -0.2) is 0 Å². The molecule has 0 aliphatic rings. The molecule has 0 radical (unpaired) electrons. The Balaban J connectivity index is 3.24. The van der Waals surface area contributed by atoms with Gasteiger partial charge in [-0.3, -0.25) is 4.79 Å². The summed E-state index contributed by atoms with van der Waals surface area (Å²) in [5.41, 5.74) is 5.38. The number of thioether (sulfide) groups is 1. The highest BCUT2D eigenvalue weighted by Crippen LogP contribution is 2.14. The lowest BCUT2D eigenvalue weighted by Gasteiger charge is -2.08. The molecule has 0 heterocycles. The number of carbonyl (C=O) groups excluding carboxylic acids is 1. The Morgan fingerprint density at radius 3 is 2.83 bits per heavy atom. The van der Waals surface area contributed by atoms with E-state index in [0.29, 0.717) is 18.2 Å². The highest BCUT2D eigenvalue weighted by molar-refractivity contribution is 7.99. The minimum Gasteiger partial charge on any atom is -0.469 e. The Morgan fingerprint density at radius 2 is 2.33 bits per heavy atom. The Kier molecular flexibility index (Phi) is 7.29. The van der Waals surface area contributed by atoms with Crippen LogP contribution in [0.5, 0.6) is 0 Å². The van der Waals surface area contributed by atoms with Gasteiger partial charge >= 0.3 is 5.97 Å². The number of methoxy groups -OCH3 is 1. The predicted octanol–water partition coefficient (Wildman–Crippen LogP) is 1.02. The number of carbonyl (C=O) groups is 1. The van der Waals surface area contributed by atoms with Crippen molar-refractivity contribution in [2.45, 2.75) is 25.0 Å². The maximum absolute atomic E-state index is 10.7. The number of esters is 1. The summed E-state index contributed by atoms with van der Waals surface area (Å²) in [6.45, 7) is 2.83. The Morgan fingerprint density at radius 1 is 1.67 bits per heavy atom. The molecule has 0 aliphatic carbocycles. The lowest BCUT2D eigenvalue weighted by molar-refractivity contribution is -0.140. The summed E-state index contributed by atoms with van der Waals surface area (Å²) in [6.07, 6.45) is 1.50. The van der Waals surface area contributed by atoms with Gasteiger partial charge in [-0.15, -0.1) is 0 Å². The van der Waals surface area contributed by atoms with Gasteiger partial charge in [0.2, 0.25) is 0 Å². The van der Waals surface area contributed by atoms with E-state index in [4.69, 9.17) is 5.73 Å². The van der Waals surface area contributed by atoms with Crippen molar-refractivity contribution in [2.24, 2.45) is 5.73 Å². The van der Waals surface area contributed by atoms with Crippen LogP contribution >= 0.6 is 11.8 Å². The minimum atomic E-state index is -0.137. The molecule has 1 atom stereocenters. The Hall–Kier alpha value is -0.220. The van der Waals surface area contributed by atoms with Crippen LogP contribution in [0.1, 0.15) is 19.8 Å². The third kappa shape index (κ3) is 6.49. The van der Waals surface area contributed by atoms with Crippen LogP contribution in [0.4, 0.5) is 0 Å². The number of hydrogen-bond donors (Lipinski definition) is 1. The molecular formula is C8H17NO2S. The fraction of sp³-hybridized carbons (Fsp3) is 0.875. The van der Waals surface area contributed by atoms with Crippen molar-refractivity contribution in [2.75, 3.05) is 19.4 Å². The summed E-state index contributed by atoms with van der Waals surface area (Å²) in [6, 6.07) is 0. The smallest absolute Gasteiger partial charge is 0.306 e. The van der Waals surface area contributed by atoms with Crippen LogP contribution in [0.15, 0.2) is 0 Å². The molecule has 12 heavy (non-hydrogen) atoms. The average Bonchev–Trinajstić information content (AvgIpc) is 2.04. The molecule has 3 nitrogen and oxygen atoms in total. The van der Waals surface area contributed by atoms with Gasteiger partial charge in [-0.1, -0.05) is 6.92 Å². The van der Waals surface area contributed by atoms with E-state index < -0.39 is 0 Å². The van der Waals surface area contributed by atoms with Crippen molar-refractivity contribution < 1.29 is 9.53 Å². The van der Waals surface area contributed by atoms with Gasteiger partial charge < -0.3 is 10.5 Å². The zero-order valence-corrected chi connectivity index (χ0v) is 8.52. The maximum atomic E-state index is 10.7. The molecule has 0 amide bonds. The molecule has 0 rings (SSSR count). The molecule has 0 aliphatic heterocycles. The number of ether oxygens (including phenoxy) is 1. The van der Waals surface area contributed by atoms with Crippen LogP contribution in [-0.2, 0) is 9.53 Å². The van der Waals surface area contributed by atoms with E-state index in [1.165, 1.54) is 7.11 Å². The van der Waals surface area contributed by atoms with Crippen LogP contribution < -0.4 is 5.73 Å². The molecular weight excluding hydrogens is 174 g/mol. The average molecular weight is 191 g/mol. The molecule has 0 aromatic heterocycles. The molecule has 0 aromatic rings. The van der Waals surface area contributed by atoms with Crippen LogP contribution in [0.25, 0.3) is 0 Å². The molecule has 0 saturated carbocycles. The molecule has 0 bridgehead atoms. The zero-order chi connectivity index (χ0) is 9.40. The Bertz CT molecular complexity index is 130. The number of hydrogen-bond acceptors (Lipinski definition) is 4. The van der Waals surface area contributed by atoms with E-state index in [1.54, 1.807) is 11.8 Å². The summed E-state index contributed by atoms with van der Waals surface area (Å²) in [4.78, 5) is 10.7. The third-order valence-corrected chi connectivity index (χ3v) is 2.75. The predicted molar refractivity (Wildman–Crippen MR) is 52.2 cm³/mol. The second-order valence-electron chi connectivity index (χ2n) is 2.58. The zero-order valence-electron chi connectivity index (χ0n) is 7.71. The first-order valence-corrected chi connectivity index (χ1v) is 5.14. The standard InChI is InChI=1S/C8H17NO2S/c1-7(3-5-9)12-6-4-8(10)11-2/h7H,3-6,9H2,1-2H3. The summed E-state index contributed by atoms with van der Waals surface area (Å²) in [5.74, 6) is 0.691. The molecule has 72 valence electrons. The van der Waals surface area contributed by atoms with Gasteiger partial charge in [0.15, 0.2) is 0 Å². The highest BCUT2D eigenvalue weighted by atomic mass is 32.2. The first-order valence-electron chi connectivity index (χ1n) is 4.09. The van der Waals surface area contributed by atoms with Crippen molar-refractivity contribution in [3.8, 4) is 0 Å². The monoisotopic (exact) mass is 191 g/mol. The van der Waals surface area contributed by atoms with Gasteiger partial charge in [0.1, 0.15) is 0 Å². The SMILES string of the molecule is COC(=O)CCSC(C)CCN. The molecule has 1 unspecified atom stereocenters. The van der Waals surface area contributed by atoms with Gasteiger partial charge in [0, 0.05) is 11.0 Å². The molecule has 0 saturated heterocycles. The molecule has 2 N–H and O–H groups in total. The lowest BCUT2D eigenvalue weighted by Crippen LogP contribution is -2.09. The molecule has 0 fully saturated rings. The molecule has 4 heteroatoms. The minimum absolute atomic E-state index is 0.137. The molecule has 0 spiro atoms. The second kappa shape index (κ2) is 7.43. The van der Waals surface area contributed by atoms with Crippen LogP contribution in [-0.4, -0.2) is 30.6 Å². The first-order chi connectivity index (χ1) is 5.70. The van der Waals surface area contributed by atoms with Crippen LogP contribution in [0.3, 0.4) is 0 Å². The summed E-state index contributed by atoms with van der Waals surface area (Å²) >= 11 is 1.76. The number of rotatable bonds is 6. The van der Waals surface area contributed by atoms with Gasteiger partial charge in [-0.2, -0.15) is 11.8 Å². The van der Waals surface area contributed by atoms with Gasteiger partial charge in [0.25, 0.3) is 0 Å². The summed E-state index contributed by atoms with van der Waals surface area (Å²) < 4.78 is 4.52. The molecule has 0 aromatic carbocycles. The van der Waals surface area contributed by atoms with E-state index in [-0.39, 0.29) is 5.97 Å². The fourth-order valence-corrected chi connectivity index (χ4v) is 1.75. The maximum Gasteiger partial charge on any atom is 0.306 e. The summed E-state index contributed by atoms with van der Waals surface area (Å²) in [5, 5.41) is 0.541. The van der Waals surface area contributed by atoms with Crippen LogP contribution in [0.2, 0.25) is 0 Å². The van der Waals surface area contributed by atoms with Crippen LogP contribution in [0, 0.1) is 0 Å². The number of nitrogens with two attached hydrogens (primary N) is 1. The highest BCUT2D eigenvalue weighted by Gasteiger charge is 2.03. The van der Waals surface area contributed by atoms with E-state index >= 15 is 0 Å². The van der Waals surface area contributed by atoms with Crippen molar-refractivity contribution in [3.05, 3.63) is 0 Å². The second-order valence-corrected chi connectivity index (χ2v) is 4.13. The van der Waals surface area contributed by atoms with E-state index in [0.717, 1.165) is 12.2 Å². The van der Waals surface area contributed by atoms with E-state index in [2.05, 4.69) is 11.7 Å². The van der Waals surface area contributed by atoms with Gasteiger partial charge in [-0.05, 0) is 13.0 Å². The summed E-state index contributed by atoms with van der Waals surface area (Å²) in [7, 11) is 1.41. The fourth-order valence-electron chi connectivity index (χ4n) is 0.764. The van der Waals surface area contributed by atoms with Crippen molar-refractivity contribution in [1.29, 1.82) is 0 Å². The van der Waals surface area contributed by atoms with E-state index in [1.807, 2.05) is 0 Å². The quantitative estimate of drug-likeness (QED) is 0.637. The topological polar surface area (TPSA) is 52.3 Å². The normalized spacial score (nSPS) is 12.6. The lowest BCUT2D eigenvalue weighted by atomic mass is 10.3. The van der Waals surface area contributed by atoms with Gasteiger partial charge in [0.05, 0.1) is 13.5 Å². The van der Waals surface area contributed by atoms with Crippen molar-refractivity contribution in [1.82, 2.24) is 0 Å². The third-order valence-electron chi connectivity index (χ3n) is 1.51. The first kappa shape index (κ1) is 11.8. The van der Waals surface area contributed by atoms with Crippen molar-refractivity contribution >= 4 is 17.7 Å².